The molecule has 1 aromatic rings. The summed E-state index contributed by atoms with van der Waals surface area (Å²) < 4.78 is 5.15. The minimum absolute atomic E-state index is 0. The van der Waals surface area contributed by atoms with Crippen LogP contribution in [0.4, 0.5) is 0 Å². The van der Waals surface area contributed by atoms with E-state index in [1.54, 1.807) is 13.3 Å². The summed E-state index contributed by atoms with van der Waals surface area (Å²) in [6.07, 6.45) is 4.25. The van der Waals surface area contributed by atoms with Gasteiger partial charge in [0.2, 0.25) is 11.8 Å². The zero-order valence-electron chi connectivity index (χ0n) is 14.9. The molecule has 1 fully saturated rings. The summed E-state index contributed by atoms with van der Waals surface area (Å²) in [5, 5.41) is 3.34. The number of ether oxygens (including phenoxy) is 1. The predicted molar refractivity (Wildman–Crippen MR) is 109 cm³/mol. The Morgan fingerprint density at radius 1 is 1.56 bits per heavy atom. The zero-order chi connectivity index (χ0) is 17.4. The van der Waals surface area contributed by atoms with Crippen LogP contribution in [0.25, 0.3) is 0 Å². The van der Waals surface area contributed by atoms with Crippen molar-refractivity contribution in [2.75, 3.05) is 26.7 Å². The lowest BCUT2D eigenvalue weighted by Gasteiger charge is -2.34. The summed E-state index contributed by atoms with van der Waals surface area (Å²) in [5.74, 6) is 1.54. The molecule has 3 N–H and O–H groups in total. The average Bonchev–Trinajstić information content (AvgIpc) is 2.58. The summed E-state index contributed by atoms with van der Waals surface area (Å²) in [7, 11) is 1.60. The molecule has 0 spiro atoms. The normalized spacial score (nSPS) is 17.6. The lowest BCUT2D eigenvalue weighted by molar-refractivity contribution is -0.119. The number of methoxy groups -OCH3 is 1. The van der Waals surface area contributed by atoms with Crippen LogP contribution >= 0.6 is 24.0 Å². The van der Waals surface area contributed by atoms with Gasteiger partial charge in [-0.25, -0.2) is 9.98 Å². The molecule has 1 unspecified atom stereocenters. The number of piperidine rings is 1. The van der Waals surface area contributed by atoms with Crippen molar-refractivity contribution in [2.45, 2.75) is 32.7 Å². The van der Waals surface area contributed by atoms with Crippen molar-refractivity contribution in [1.82, 2.24) is 15.2 Å². The number of nitrogens with one attached hydrogen (secondary N) is 1. The molecule has 0 saturated carbocycles. The van der Waals surface area contributed by atoms with E-state index in [9.17, 15) is 4.79 Å². The molecule has 1 saturated heterocycles. The second-order valence-electron chi connectivity index (χ2n) is 6.00. The summed E-state index contributed by atoms with van der Waals surface area (Å²) in [6.45, 7) is 5.17. The number of nitrogens with two attached hydrogens (primary N) is 1. The first-order chi connectivity index (χ1) is 11.6. The van der Waals surface area contributed by atoms with Crippen LogP contribution in [0, 0.1) is 5.92 Å². The molecule has 8 heteroatoms. The number of carbonyl (C=O) groups excluding carboxylic acids is 1. The number of hydrogen-bond acceptors (Lipinski definition) is 4. The predicted octanol–water partition coefficient (Wildman–Crippen LogP) is 1.76. The summed E-state index contributed by atoms with van der Waals surface area (Å²) in [6, 6.07) is 3.82. The van der Waals surface area contributed by atoms with E-state index < -0.39 is 0 Å². The van der Waals surface area contributed by atoms with Gasteiger partial charge in [0, 0.05) is 38.3 Å². The molecule has 1 aliphatic heterocycles. The molecule has 1 aromatic heterocycles. The highest BCUT2D eigenvalue weighted by atomic mass is 127. The summed E-state index contributed by atoms with van der Waals surface area (Å²) in [5.41, 5.74) is 6.39. The van der Waals surface area contributed by atoms with Crippen molar-refractivity contribution in [2.24, 2.45) is 16.6 Å². The molecule has 1 aliphatic rings. The first-order valence-corrected chi connectivity index (χ1v) is 8.42. The highest BCUT2D eigenvalue weighted by Gasteiger charge is 2.23. The summed E-state index contributed by atoms with van der Waals surface area (Å²) in [4.78, 5) is 22.2. The highest BCUT2D eigenvalue weighted by Crippen LogP contribution is 2.19. The number of carbonyl (C=O) groups is 1. The number of hydrogen-bond donors (Lipinski definition) is 2. The average molecular weight is 461 g/mol. The van der Waals surface area contributed by atoms with Gasteiger partial charge < -0.3 is 20.7 Å². The van der Waals surface area contributed by atoms with E-state index in [-0.39, 0.29) is 29.9 Å². The maximum Gasteiger partial charge on any atom is 0.217 e. The van der Waals surface area contributed by atoms with Crippen LogP contribution in [0.15, 0.2) is 23.3 Å². The van der Waals surface area contributed by atoms with Gasteiger partial charge in [0.1, 0.15) is 0 Å². The van der Waals surface area contributed by atoms with Crippen molar-refractivity contribution < 1.29 is 9.53 Å². The van der Waals surface area contributed by atoms with Crippen LogP contribution in [0.3, 0.4) is 0 Å². The first kappa shape index (κ1) is 21.5. The molecule has 2 rings (SSSR count). The van der Waals surface area contributed by atoms with Crippen molar-refractivity contribution in [1.29, 1.82) is 0 Å². The molecule has 0 bridgehead atoms. The van der Waals surface area contributed by atoms with E-state index in [2.05, 4.69) is 22.1 Å². The molecule has 0 radical (unpaired) electrons. The molecule has 140 valence electrons. The Hall–Kier alpha value is -1.58. The van der Waals surface area contributed by atoms with Gasteiger partial charge in [-0.2, -0.15) is 0 Å². The maximum absolute atomic E-state index is 11.2. The number of rotatable bonds is 6. The number of aliphatic imine (C=N–C) groups is 1. The Labute approximate surface area is 166 Å². The highest BCUT2D eigenvalue weighted by molar-refractivity contribution is 14.0. The monoisotopic (exact) mass is 461 g/mol. The van der Waals surface area contributed by atoms with Crippen LogP contribution in [0.2, 0.25) is 0 Å². The Morgan fingerprint density at radius 2 is 2.36 bits per heavy atom. The molecule has 25 heavy (non-hydrogen) atoms. The Morgan fingerprint density at radius 3 is 3.04 bits per heavy atom. The topological polar surface area (TPSA) is 92.8 Å². The van der Waals surface area contributed by atoms with Crippen LogP contribution < -0.4 is 15.8 Å². The molecular formula is C17H28IN5O2. The number of aromatic nitrogens is 1. The van der Waals surface area contributed by atoms with E-state index in [0.717, 1.165) is 44.0 Å². The SMILES string of the molecule is CCNC(=NCc1ccnc(OC)c1)N1CCCC(CC(N)=O)C1.I. The third-order valence-corrected chi connectivity index (χ3v) is 4.06. The second kappa shape index (κ2) is 11.1. The van der Waals surface area contributed by atoms with Gasteiger partial charge >= 0.3 is 0 Å². The third-order valence-electron chi connectivity index (χ3n) is 4.06. The quantitative estimate of drug-likeness (QED) is 0.383. The van der Waals surface area contributed by atoms with E-state index >= 15 is 0 Å². The Bertz CT molecular complexity index is 582. The molecule has 7 nitrogen and oxygen atoms in total. The van der Waals surface area contributed by atoms with Gasteiger partial charge in [-0.15, -0.1) is 24.0 Å². The second-order valence-corrected chi connectivity index (χ2v) is 6.00. The number of pyridine rings is 1. The number of primary amides is 1. The Kier molecular flexibility index (Phi) is 9.54. The van der Waals surface area contributed by atoms with Gasteiger partial charge in [0.15, 0.2) is 5.96 Å². The Balaban J connectivity index is 0.00000312. The number of likely N-dealkylation sites (tertiary alicyclic amines) is 1. The van der Waals surface area contributed by atoms with Gasteiger partial charge in [-0.3, -0.25) is 4.79 Å². The number of amides is 1. The van der Waals surface area contributed by atoms with E-state index in [0.29, 0.717) is 24.8 Å². The van der Waals surface area contributed by atoms with Crippen molar-refractivity contribution >= 4 is 35.8 Å². The maximum atomic E-state index is 11.2. The molecule has 1 atom stereocenters. The smallest absolute Gasteiger partial charge is 0.217 e. The lowest BCUT2D eigenvalue weighted by atomic mass is 9.95. The van der Waals surface area contributed by atoms with Crippen LogP contribution in [0.5, 0.6) is 5.88 Å². The minimum atomic E-state index is -0.229. The third kappa shape index (κ3) is 7.05. The molecule has 1 amide bonds. The van der Waals surface area contributed by atoms with Gasteiger partial charge in [-0.05, 0) is 37.3 Å². The molecule has 0 aliphatic carbocycles. The zero-order valence-corrected chi connectivity index (χ0v) is 17.2. The van der Waals surface area contributed by atoms with Crippen LogP contribution in [-0.2, 0) is 11.3 Å². The van der Waals surface area contributed by atoms with Crippen molar-refractivity contribution in [3.05, 3.63) is 23.9 Å². The van der Waals surface area contributed by atoms with Crippen LogP contribution in [-0.4, -0.2) is 48.5 Å². The van der Waals surface area contributed by atoms with Crippen LogP contribution in [0.1, 0.15) is 31.7 Å². The van der Waals surface area contributed by atoms with E-state index in [4.69, 9.17) is 15.5 Å². The van der Waals surface area contributed by atoms with Crippen molar-refractivity contribution in [3.63, 3.8) is 0 Å². The van der Waals surface area contributed by atoms with E-state index in [1.807, 2.05) is 12.1 Å². The molecular weight excluding hydrogens is 433 g/mol. The fourth-order valence-corrected chi connectivity index (χ4v) is 2.96. The molecule has 2 heterocycles. The van der Waals surface area contributed by atoms with E-state index in [1.165, 1.54) is 0 Å². The first-order valence-electron chi connectivity index (χ1n) is 8.42. The van der Waals surface area contributed by atoms with Crippen molar-refractivity contribution in [3.8, 4) is 5.88 Å². The fraction of sp³-hybridized carbons (Fsp3) is 0.588. The largest absolute Gasteiger partial charge is 0.481 e. The van der Waals surface area contributed by atoms with Gasteiger partial charge in [0.05, 0.1) is 13.7 Å². The minimum Gasteiger partial charge on any atom is -0.481 e. The van der Waals surface area contributed by atoms with Gasteiger partial charge in [0.25, 0.3) is 0 Å². The number of nitrogens with zero attached hydrogens (tertiary/aromatic N) is 3. The fourth-order valence-electron chi connectivity index (χ4n) is 2.96. The lowest BCUT2D eigenvalue weighted by Crippen LogP contribution is -2.47. The van der Waals surface area contributed by atoms with Gasteiger partial charge in [-0.1, -0.05) is 0 Å². The number of halogens is 1. The molecule has 0 aromatic carbocycles. The summed E-state index contributed by atoms with van der Waals surface area (Å²) >= 11 is 0. The number of guanidine groups is 1. The standard InChI is InChI=1S/C17H27N5O2.HI/c1-3-19-17(21-11-13-6-7-20-16(10-13)24-2)22-8-4-5-14(12-22)9-15(18)23;/h6-7,10,14H,3-5,8-9,11-12H2,1-2H3,(H2,18,23)(H,19,21);1H.